The second-order valence-electron chi connectivity index (χ2n) is 16.3. The van der Waals surface area contributed by atoms with Crippen LogP contribution >= 0.6 is 0 Å². The molecule has 57 heavy (non-hydrogen) atoms. The maximum Gasteiger partial charge on any atom is 0.0171 e. The number of hydrogen-bond acceptors (Lipinski definition) is 0. The van der Waals surface area contributed by atoms with E-state index in [1.54, 1.807) is 0 Å². The predicted molar refractivity (Wildman–Crippen MR) is 245 cm³/mol. The summed E-state index contributed by atoms with van der Waals surface area (Å²) in [6.07, 6.45) is 0. The third-order valence-electron chi connectivity index (χ3n) is 13.0. The fourth-order valence-corrected chi connectivity index (χ4v) is 10.7. The molecule has 0 atom stereocenters. The van der Waals surface area contributed by atoms with E-state index in [9.17, 15) is 0 Å². The van der Waals surface area contributed by atoms with Crippen LogP contribution in [0.4, 0.5) is 0 Å². The van der Waals surface area contributed by atoms with Crippen LogP contribution in [-0.4, -0.2) is 0 Å². The Hall–Kier alpha value is -7.02. The first-order valence-corrected chi connectivity index (χ1v) is 20.1. The van der Waals surface area contributed by atoms with Gasteiger partial charge in [0.05, 0.1) is 0 Å². The molecule has 0 N–H and O–H groups in total. The van der Waals surface area contributed by atoms with Crippen LogP contribution in [0.15, 0.2) is 194 Å². The van der Waals surface area contributed by atoms with Crippen LogP contribution in [0, 0.1) is 0 Å². The maximum absolute atomic E-state index is 2.51. The molecule has 0 heterocycles. The second kappa shape index (κ2) is 12.0. The van der Waals surface area contributed by atoms with E-state index in [2.05, 4.69) is 208 Å². The largest absolute Gasteiger partial charge is 0.0616 e. The van der Waals surface area contributed by atoms with Crippen molar-refractivity contribution in [3.05, 3.63) is 205 Å². The van der Waals surface area contributed by atoms with Gasteiger partial charge >= 0.3 is 0 Å². The molecule has 0 nitrogen and oxygen atoms in total. The van der Waals surface area contributed by atoms with Crippen LogP contribution in [-0.2, 0) is 5.41 Å². The Morgan fingerprint density at radius 2 is 0.684 bits per heavy atom. The molecule has 1 aliphatic carbocycles. The zero-order valence-corrected chi connectivity index (χ0v) is 32.0. The summed E-state index contributed by atoms with van der Waals surface area (Å²) in [4.78, 5) is 0. The summed E-state index contributed by atoms with van der Waals surface area (Å²) in [5.74, 6) is 0. The number of hydrogen-bond donors (Lipinski definition) is 0. The van der Waals surface area contributed by atoms with Crippen molar-refractivity contribution in [2.75, 3.05) is 0 Å². The van der Waals surface area contributed by atoms with Crippen molar-refractivity contribution in [3.63, 3.8) is 0 Å². The summed E-state index contributed by atoms with van der Waals surface area (Å²) in [6.45, 7) is 4.86. The van der Waals surface area contributed by atoms with Crippen LogP contribution in [0.3, 0.4) is 0 Å². The lowest BCUT2D eigenvalue weighted by molar-refractivity contribution is 0.672. The highest BCUT2D eigenvalue weighted by Gasteiger charge is 2.40. The van der Waals surface area contributed by atoms with Gasteiger partial charge in [-0.3, -0.25) is 0 Å². The molecule has 0 radical (unpaired) electrons. The van der Waals surface area contributed by atoms with Crippen molar-refractivity contribution >= 4 is 64.6 Å². The van der Waals surface area contributed by atoms with Gasteiger partial charge in [-0.1, -0.05) is 202 Å². The first kappa shape index (κ1) is 32.2. The van der Waals surface area contributed by atoms with Gasteiger partial charge in [-0.25, -0.2) is 0 Å². The van der Waals surface area contributed by atoms with Crippen molar-refractivity contribution in [1.82, 2.24) is 0 Å². The molecule has 0 aromatic heterocycles. The van der Waals surface area contributed by atoms with Crippen LogP contribution < -0.4 is 0 Å². The third kappa shape index (κ3) is 4.50. The van der Waals surface area contributed by atoms with Crippen LogP contribution in [0.2, 0.25) is 0 Å². The van der Waals surface area contributed by atoms with Crippen LogP contribution in [0.1, 0.15) is 25.0 Å². The molecule has 0 fully saturated rings. The number of benzene rings is 11. The van der Waals surface area contributed by atoms with Gasteiger partial charge in [-0.15, -0.1) is 0 Å². The molecule has 12 rings (SSSR count). The quantitative estimate of drug-likeness (QED) is 0.126. The van der Waals surface area contributed by atoms with Gasteiger partial charge in [0.2, 0.25) is 0 Å². The SMILES string of the molecule is CC1(C)c2c(cc(-c3ccc(-c4c5ccccc5c(-c5cccc6ccccc56)c5ccccc45)cc3)c3ccccc23)-c2c1c1ccccc1c1ccccc21. The molecule has 11 aromatic rings. The zero-order chi connectivity index (χ0) is 37.8. The topological polar surface area (TPSA) is 0 Å². The third-order valence-corrected chi connectivity index (χ3v) is 13.0. The van der Waals surface area contributed by atoms with Crippen molar-refractivity contribution in [3.8, 4) is 44.5 Å². The fraction of sp³-hybridized carbons (Fsp3) is 0.0526. The molecule has 0 saturated heterocycles. The zero-order valence-electron chi connectivity index (χ0n) is 32.0. The first-order valence-electron chi connectivity index (χ1n) is 20.1. The number of fused-ring (bicyclic) bond motifs is 13. The van der Waals surface area contributed by atoms with E-state index >= 15 is 0 Å². The van der Waals surface area contributed by atoms with Crippen molar-refractivity contribution in [1.29, 1.82) is 0 Å². The Balaban J connectivity index is 1.09. The lowest BCUT2D eigenvalue weighted by Crippen LogP contribution is -2.16. The Labute approximate surface area is 332 Å². The van der Waals surface area contributed by atoms with Gasteiger partial charge < -0.3 is 0 Å². The summed E-state index contributed by atoms with van der Waals surface area (Å²) < 4.78 is 0. The van der Waals surface area contributed by atoms with Crippen LogP contribution in [0.25, 0.3) is 109 Å². The molecule has 1 aliphatic rings. The summed E-state index contributed by atoms with van der Waals surface area (Å²) in [6, 6.07) is 72.4. The molecule has 11 aromatic carbocycles. The average Bonchev–Trinajstić information content (AvgIpc) is 3.52. The molecule has 0 unspecified atom stereocenters. The lowest BCUT2D eigenvalue weighted by Gasteiger charge is -2.25. The van der Waals surface area contributed by atoms with E-state index in [0.717, 1.165) is 0 Å². The minimum Gasteiger partial charge on any atom is -0.0616 e. The van der Waals surface area contributed by atoms with E-state index in [4.69, 9.17) is 0 Å². The fourth-order valence-electron chi connectivity index (χ4n) is 10.7. The van der Waals surface area contributed by atoms with Gasteiger partial charge in [0.15, 0.2) is 0 Å². The standard InChI is InChI=1S/C57H38/c1-57(2)55-48-27-13-7-21-41(48)50(34-51(55)54-43-22-8-5-19-39(43)40-20-6-14-28-49(40)56(54)57)36-30-32-37(33-31-36)52-44-23-9-11-25-46(44)53(47-26-12-10-24-45(47)52)42-29-15-17-35-16-3-4-18-38(35)42/h3-34H,1-2H3. The summed E-state index contributed by atoms with van der Waals surface area (Å²) in [5.41, 5.74) is 13.0. The molecule has 266 valence electrons. The van der Waals surface area contributed by atoms with E-state index in [-0.39, 0.29) is 5.41 Å². The molecular formula is C57H38. The Bertz CT molecular complexity index is 3410. The summed E-state index contributed by atoms with van der Waals surface area (Å²) in [7, 11) is 0. The average molecular weight is 723 g/mol. The second-order valence-corrected chi connectivity index (χ2v) is 16.3. The van der Waals surface area contributed by atoms with Crippen molar-refractivity contribution in [2.24, 2.45) is 0 Å². The van der Waals surface area contributed by atoms with E-state index in [0.29, 0.717) is 0 Å². The molecule has 0 spiro atoms. The lowest BCUT2D eigenvalue weighted by atomic mass is 9.77. The van der Waals surface area contributed by atoms with Gasteiger partial charge in [-0.05, 0) is 126 Å². The molecule has 0 amide bonds. The molecule has 0 aliphatic heterocycles. The summed E-state index contributed by atoms with van der Waals surface area (Å²) in [5, 5.41) is 15.6. The van der Waals surface area contributed by atoms with Gasteiger partial charge in [0.1, 0.15) is 0 Å². The van der Waals surface area contributed by atoms with E-state index in [1.807, 2.05) is 0 Å². The Kier molecular flexibility index (Phi) is 6.78. The molecule has 0 bridgehead atoms. The van der Waals surface area contributed by atoms with Crippen LogP contribution in [0.5, 0.6) is 0 Å². The highest BCUT2D eigenvalue weighted by Crippen LogP contribution is 2.57. The molecule has 0 heteroatoms. The highest BCUT2D eigenvalue weighted by atomic mass is 14.4. The predicted octanol–water partition coefficient (Wildman–Crippen LogP) is 15.9. The Morgan fingerprint density at radius 1 is 0.263 bits per heavy atom. The monoisotopic (exact) mass is 722 g/mol. The molecular weight excluding hydrogens is 685 g/mol. The normalized spacial score (nSPS) is 13.2. The van der Waals surface area contributed by atoms with E-state index in [1.165, 1.54) is 120 Å². The first-order chi connectivity index (χ1) is 28.1. The minimum atomic E-state index is -0.170. The van der Waals surface area contributed by atoms with Crippen molar-refractivity contribution < 1.29 is 0 Å². The molecule has 0 saturated carbocycles. The number of rotatable bonds is 3. The minimum absolute atomic E-state index is 0.170. The maximum atomic E-state index is 2.51. The van der Waals surface area contributed by atoms with Crippen molar-refractivity contribution in [2.45, 2.75) is 19.3 Å². The Morgan fingerprint density at radius 3 is 1.30 bits per heavy atom. The van der Waals surface area contributed by atoms with Gasteiger partial charge in [0, 0.05) is 5.41 Å². The highest BCUT2D eigenvalue weighted by molar-refractivity contribution is 6.24. The van der Waals surface area contributed by atoms with Gasteiger partial charge in [0.25, 0.3) is 0 Å². The van der Waals surface area contributed by atoms with E-state index < -0.39 is 0 Å². The smallest absolute Gasteiger partial charge is 0.0171 e. The summed E-state index contributed by atoms with van der Waals surface area (Å²) >= 11 is 0. The van der Waals surface area contributed by atoms with Gasteiger partial charge in [-0.2, -0.15) is 0 Å².